The molecule has 1 rings (SSSR count). The number of alkyl halides is 3. The Hall–Kier alpha value is -0.910. The van der Waals surface area contributed by atoms with Crippen molar-refractivity contribution >= 4 is 21.7 Å². The second kappa shape index (κ2) is 3.92. The molecule has 1 nitrogen and oxygen atoms in total. The first-order valence-electron chi connectivity index (χ1n) is 3.80. The van der Waals surface area contributed by atoms with Gasteiger partial charge in [0.25, 0.3) is 0 Å². The highest BCUT2D eigenvalue weighted by atomic mass is 79.9. The van der Waals surface area contributed by atoms with Crippen LogP contribution in [0.4, 0.5) is 17.6 Å². The molecule has 0 bridgehead atoms. The van der Waals surface area contributed by atoms with E-state index in [0.717, 1.165) is 6.92 Å². The number of benzene rings is 1. The van der Waals surface area contributed by atoms with Crippen molar-refractivity contribution in [3.8, 4) is 0 Å². The number of ketones is 1. The van der Waals surface area contributed by atoms with Crippen LogP contribution < -0.4 is 0 Å². The first kappa shape index (κ1) is 12.2. The topological polar surface area (TPSA) is 17.1 Å². The van der Waals surface area contributed by atoms with Crippen molar-refractivity contribution in [3.63, 3.8) is 0 Å². The van der Waals surface area contributed by atoms with Gasteiger partial charge < -0.3 is 0 Å². The molecule has 0 heterocycles. The number of carbonyl (C=O) groups excluding carboxylic acids is 1. The van der Waals surface area contributed by atoms with Crippen LogP contribution in [0.1, 0.15) is 22.8 Å². The molecular weight excluding hydrogens is 280 g/mol. The van der Waals surface area contributed by atoms with E-state index < -0.39 is 23.3 Å². The molecule has 0 aliphatic carbocycles. The van der Waals surface area contributed by atoms with Gasteiger partial charge in [-0.25, -0.2) is 4.39 Å². The van der Waals surface area contributed by atoms with Crippen LogP contribution >= 0.6 is 15.9 Å². The average molecular weight is 285 g/mol. The zero-order chi connectivity index (χ0) is 11.8. The number of carbonyl (C=O) groups is 1. The second-order valence-corrected chi connectivity index (χ2v) is 3.72. The minimum Gasteiger partial charge on any atom is -0.294 e. The van der Waals surface area contributed by atoms with Gasteiger partial charge in [-0.05, 0) is 35.0 Å². The van der Waals surface area contributed by atoms with Crippen LogP contribution in [0.5, 0.6) is 0 Å². The lowest BCUT2D eigenvalue weighted by Gasteiger charge is -2.10. The van der Waals surface area contributed by atoms with Crippen molar-refractivity contribution in [1.82, 2.24) is 0 Å². The maximum Gasteiger partial charge on any atom is 0.419 e. The Morgan fingerprint density at radius 1 is 1.33 bits per heavy atom. The summed E-state index contributed by atoms with van der Waals surface area (Å²) in [5.74, 6) is -1.97. The van der Waals surface area contributed by atoms with E-state index >= 15 is 0 Å². The molecule has 1 aromatic carbocycles. The summed E-state index contributed by atoms with van der Waals surface area (Å²) in [6, 6.07) is 1.14. The van der Waals surface area contributed by atoms with Gasteiger partial charge in [-0.15, -0.1) is 0 Å². The van der Waals surface area contributed by atoms with Crippen LogP contribution in [-0.2, 0) is 6.18 Å². The summed E-state index contributed by atoms with van der Waals surface area (Å²) in [5, 5.41) is 0. The fraction of sp³-hybridized carbons (Fsp3) is 0.222. The average Bonchev–Trinajstić information content (AvgIpc) is 2.00. The highest BCUT2D eigenvalue weighted by Crippen LogP contribution is 2.34. The maximum absolute atomic E-state index is 12.9. The summed E-state index contributed by atoms with van der Waals surface area (Å²) in [5.41, 5.74) is -1.63. The summed E-state index contributed by atoms with van der Waals surface area (Å²) in [4.78, 5) is 10.9. The predicted molar refractivity (Wildman–Crippen MR) is 49.1 cm³/mol. The number of Topliss-reactive ketones (excluding diaryl/α,β-unsaturated/α-hetero) is 1. The lowest BCUT2D eigenvalue weighted by Crippen LogP contribution is -2.10. The zero-order valence-electron chi connectivity index (χ0n) is 7.45. The summed E-state index contributed by atoms with van der Waals surface area (Å²) >= 11 is 2.82. The van der Waals surface area contributed by atoms with Crippen LogP contribution in [-0.4, -0.2) is 5.78 Å². The molecule has 82 valence electrons. The van der Waals surface area contributed by atoms with Gasteiger partial charge in [-0.3, -0.25) is 4.79 Å². The van der Waals surface area contributed by atoms with Crippen LogP contribution in [0.15, 0.2) is 16.6 Å². The van der Waals surface area contributed by atoms with Gasteiger partial charge in [0.05, 0.1) is 5.56 Å². The summed E-state index contributed by atoms with van der Waals surface area (Å²) < 4.78 is 49.7. The maximum atomic E-state index is 12.9. The largest absolute Gasteiger partial charge is 0.419 e. The van der Waals surface area contributed by atoms with Crippen molar-refractivity contribution in [1.29, 1.82) is 0 Å². The summed E-state index contributed by atoms with van der Waals surface area (Å²) in [6.45, 7) is 1.11. The number of hydrogen-bond donors (Lipinski definition) is 0. The molecule has 0 saturated carbocycles. The smallest absolute Gasteiger partial charge is 0.294 e. The molecule has 0 aliphatic heterocycles. The van der Waals surface area contributed by atoms with Crippen molar-refractivity contribution in [2.75, 3.05) is 0 Å². The van der Waals surface area contributed by atoms with Gasteiger partial charge in [0.1, 0.15) is 5.82 Å². The molecule has 0 radical (unpaired) electrons. The molecule has 0 fully saturated rings. The molecule has 6 heteroatoms. The normalized spacial score (nSPS) is 11.6. The fourth-order valence-electron chi connectivity index (χ4n) is 1.04. The standard InChI is InChI=1S/C9H5BrF4O/c1-4(15)5-2-6(9(12,13)14)8(11)3-7(5)10/h2-3H,1H3. The molecule has 0 spiro atoms. The third-order valence-corrected chi connectivity index (χ3v) is 2.40. The Bertz CT molecular complexity index is 411. The lowest BCUT2D eigenvalue weighted by atomic mass is 10.1. The molecule has 0 saturated heterocycles. The SMILES string of the molecule is CC(=O)c1cc(C(F)(F)F)c(F)cc1Br. The van der Waals surface area contributed by atoms with E-state index in [9.17, 15) is 22.4 Å². The van der Waals surface area contributed by atoms with Crippen molar-refractivity contribution in [2.45, 2.75) is 13.1 Å². The van der Waals surface area contributed by atoms with Crippen LogP contribution in [0.25, 0.3) is 0 Å². The highest BCUT2D eigenvalue weighted by Gasteiger charge is 2.35. The third-order valence-electron chi connectivity index (χ3n) is 1.74. The molecule has 0 N–H and O–H groups in total. The van der Waals surface area contributed by atoms with Gasteiger partial charge >= 0.3 is 6.18 Å². The summed E-state index contributed by atoms with van der Waals surface area (Å²) in [7, 11) is 0. The van der Waals surface area contributed by atoms with Gasteiger partial charge in [0.15, 0.2) is 5.78 Å². The van der Waals surface area contributed by atoms with Crippen LogP contribution in [0, 0.1) is 5.82 Å². The molecule has 0 amide bonds. The van der Waals surface area contributed by atoms with Gasteiger partial charge in [-0.2, -0.15) is 13.2 Å². The van der Waals surface area contributed by atoms with Crippen molar-refractivity contribution in [2.24, 2.45) is 0 Å². The first-order chi connectivity index (χ1) is 6.73. The lowest BCUT2D eigenvalue weighted by molar-refractivity contribution is -0.140. The minimum atomic E-state index is -4.80. The Morgan fingerprint density at radius 2 is 1.87 bits per heavy atom. The van der Waals surface area contributed by atoms with Crippen LogP contribution in [0.2, 0.25) is 0 Å². The third kappa shape index (κ3) is 2.56. The highest BCUT2D eigenvalue weighted by molar-refractivity contribution is 9.10. The van der Waals surface area contributed by atoms with Crippen molar-refractivity contribution in [3.05, 3.63) is 33.5 Å². The number of halogens is 5. The number of rotatable bonds is 1. The van der Waals surface area contributed by atoms with E-state index in [1.54, 1.807) is 0 Å². The van der Waals surface area contributed by atoms with E-state index in [1.165, 1.54) is 0 Å². The predicted octanol–water partition coefficient (Wildman–Crippen LogP) is 3.81. The molecule has 15 heavy (non-hydrogen) atoms. The van der Waals surface area contributed by atoms with E-state index in [4.69, 9.17) is 0 Å². The first-order valence-corrected chi connectivity index (χ1v) is 4.60. The van der Waals surface area contributed by atoms with Gasteiger partial charge in [0, 0.05) is 10.0 Å². The number of hydrogen-bond acceptors (Lipinski definition) is 1. The Balaban J connectivity index is 3.43. The second-order valence-electron chi connectivity index (χ2n) is 2.87. The Morgan fingerprint density at radius 3 is 2.27 bits per heavy atom. The molecule has 1 aromatic rings. The van der Waals surface area contributed by atoms with E-state index in [1.807, 2.05) is 0 Å². The molecule has 0 unspecified atom stereocenters. The van der Waals surface area contributed by atoms with Gasteiger partial charge in [0.2, 0.25) is 0 Å². The Kier molecular flexibility index (Phi) is 3.18. The van der Waals surface area contributed by atoms with E-state index in [-0.39, 0.29) is 10.0 Å². The molecule has 0 atom stereocenters. The fourth-order valence-corrected chi connectivity index (χ4v) is 1.63. The minimum absolute atomic E-state index is 0.0144. The zero-order valence-corrected chi connectivity index (χ0v) is 9.04. The molecular formula is C9H5BrF4O. The molecule has 0 aromatic heterocycles. The van der Waals surface area contributed by atoms with Crippen LogP contribution in [0.3, 0.4) is 0 Å². The van der Waals surface area contributed by atoms with Gasteiger partial charge in [-0.1, -0.05) is 0 Å². The van der Waals surface area contributed by atoms with Crippen molar-refractivity contribution < 1.29 is 22.4 Å². The van der Waals surface area contributed by atoms with E-state index in [2.05, 4.69) is 15.9 Å². The van der Waals surface area contributed by atoms with E-state index in [0.29, 0.717) is 12.1 Å². The Labute approximate surface area is 91.2 Å². The summed E-state index contributed by atoms with van der Waals surface area (Å²) in [6.07, 6.45) is -4.80. The molecule has 0 aliphatic rings. The monoisotopic (exact) mass is 284 g/mol. The quantitative estimate of drug-likeness (QED) is 0.566.